The summed E-state index contributed by atoms with van der Waals surface area (Å²) in [5.74, 6) is 0. The van der Waals surface area contributed by atoms with Crippen molar-refractivity contribution in [3.63, 3.8) is 0 Å². The molecule has 0 saturated carbocycles. The predicted octanol–water partition coefficient (Wildman–Crippen LogP) is 4.80. The first-order valence-corrected chi connectivity index (χ1v) is 11.9. The number of fused-ring (bicyclic) bond motifs is 10. The van der Waals surface area contributed by atoms with Crippen LogP contribution in [0.2, 0.25) is 0 Å². The van der Waals surface area contributed by atoms with Gasteiger partial charge >= 0.3 is 0 Å². The van der Waals surface area contributed by atoms with Gasteiger partial charge in [-0.15, -0.1) is 21.5 Å². The quantitative estimate of drug-likeness (QED) is 0.387. The smallest absolute Gasteiger partial charge is 0.149 e. The molecule has 0 amide bonds. The molecule has 1 saturated heterocycles. The maximum absolute atomic E-state index is 5.50. The number of benzene rings is 3. The summed E-state index contributed by atoms with van der Waals surface area (Å²) in [5.41, 5.74) is 2.91. The van der Waals surface area contributed by atoms with Crippen LogP contribution in [-0.4, -0.2) is 58.0 Å². The zero-order chi connectivity index (χ0) is 21.8. The van der Waals surface area contributed by atoms with Crippen molar-refractivity contribution in [2.45, 2.75) is 0 Å². The molecule has 0 unspecified atom stereocenters. The van der Waals surface area contributed by atoms with Gasteiger partial charge in [0.1, 0.15) is 16.7 Å². The van der Waals surface area contributed by atoms with Crippen molar-refractivity contribution in [1.29, 1.82) is 0 Å². The molecule has 0 radical (unpaired) electrons. The van der Waals surface area contributed by atoms with Gasteiger partial charge in [0.15, 0.2) is 0 Å². The Hall–Kier alpha value is -3.46. The van der Waals surface area contributed by atoms with E-state index in [-0.39, 0.29) is 0 Å². The highest BCUT2D eigenvalue weighted by Gasteiger charge is 2.19. The van der Waals surface area contributed by atoms with Crippen molar-refractivity contribution in [3.05, 3.63) is 55.0 Å². The number of nitrogens with zero attached hydrogens (tertiary/aromatic N) is 5. The first-order valence-electron chi connectivity index (χ1n) is 11.0. The number of thiophene rings is 1. The lowest BCUT2D eigenvalue weighted by atomic mass is 9.95. The van der Waals surface area contributed by atoms with Crippen LogP contribution < -0.4 is 5.32 Å². The Morgan fingerprint density at radius 3 is 2.61 bits per heavy atom. The average molecular weight is 453 g/mol. The number of rotatable bonds is 3. The summed E-state index contributed by atoms with van der Waals surface area (Å²) in [5, 5.41) is 19.9. The van der Waals surface area contributed by atoms with Gasteiger partial charge in [0, 0.05) is 41.1 Å². The lowest BCUT2D eigenvalue weighted by Gasteiger charge is -2.27. The Kier molecular flexibility index (Phi) is 4.36. The van der Waals surface area contributed by atoms with E-state index in [1.807, 2.05) is 6.20 Å². The molecule has 162 valence electrons. The Labute approximate surface area is 193 Å². The topological polar surface area (TPSA) is 76.1 Å². The highest BCUT2D eigenvalue weighted by Crippen LogP contribution is 2.43. The van der Waals surface area contributed by atoms with Gasteiger partial charge in [-0.2, -0.15) is 0 Å². The molecule has 1 fully saturated rings. The van der Waals surface area contributed by atoms with Crippen LogP contribution in [-0.2, 0) is 4.74 Å². The first-order chi connectivity index (χ1) is 16.4. The van der Waals surface area contributed by atoms with E-state index in [0.717, 1.165) is 75.4 Å². The third kappa shape index (κ3) is 2.95. The molecule has 0 spiro atoms. The molecule has 6 aromatic rings. The summed E-state index contributed by atoms with van der Waals surface area (Å²) >= 11 is 1.59. The average Bonchev–Trinajstić information content (AvgIpc) is 3.27. The van der Waals surface area contributed by atoms with Gasteiger partial charge in [-0.1, -0.05) is 36.4 Å². The lowest BCUT2D eigenvalue weighted by Crippen LogP contribution is -2.39. The molecular formula is C25H20N6OS. The summed E-state index contributed by atoms with van der Waals surface area (Å²) in [4.78, 5) is 12.1. The van der Waals surface area contributed by atoms with Gasteiger partial charge < -0.3 is 10.1 Å². The molecule has 4 heterocycles. The van der Waals surface area contributed by atoms with E-state index in [9.17, 15) is 0 Å². The lowest BCUT2D eigenvalue weighted by molar-refractivity contribution is 0.0415. The summed E-state index contributed by atoms with van der Waals surface area (Å²) in [6.07, 6.45) is 3.47. The second-order valence-electron chi connectivity index (χ2n) is 8.28. The van der Waals surface area contributed by atoms with Crippen molar-refractivity contribution < 1.29 is 4.74 Å². The van der Waals surface area contributed by atoms with Gasteiger partial charge in [0.25, 0.3) is 0 Å². The fourth-order valence-corrected chi connectivity index (χ4v) is 5.86. The second-order valence-corrected chi connectivity index (χ2v) is 9.31. The zero-order valence-corrected chi connectivity index (χ0v) is 18.6. The molecule has 7 nitrogen and oxygen atoms in total. The second kappa shape index (κ2) is 7.55. The highest BCUT2D eigenvalue weighted by atomic mass is 32.1. The van der Waals surface area contributed by atoms with Gasteiger partial charge in [0.2, 0.25) is 0 Å². The van der Waals surface area contributed by atoms with Crippen LogP contribution >= 0.6 is 11.3 Å². The van der Waals surface area contributed by atoms with Crippen LogP contribution in [0.5, 0.6) is 0 Å². The molecule has 3 aromatic carbocycles. The van der Waals surface area contributed by atoms with E-state index in [4.69, 9.17) is 9.84 Å². The number of nitrogens with one attached hydrogen (secondary N) is 1. The predicted molar refractivity (Wildman–Crippen MR) is 134 cm³/mol. The Morgan fingerprint density at radius 1 is 0.879 bits per heavy atom. The van der Waals surface area contributed by atoms with E-state index in [0.29, 0.717) is 0 Å². The van der Waals surface area contributed by atoms with Crippen LogP contribution in [0.1, 0.15) is 0 Å². The molecule has 1 N–H and O–H groups in total. The van der Waals surface area contributed by atoms with E-state index in [1.54, 1.807) is 17.7 Å². The molecular weight excluding hydrogens is 432 g/mol. The third-order valence-corrected chi connectivity index (χ3v) is 7.45. The van der Waals surface area contributed by atoms with Crippen molar-refractivity contribution in [2.75, 3.05) is 38.3 Å². The van der Waals surface area contributed by atoms with Crippen LogP contribution in [0.3, 0.4) is 0 Å². The molecule has 8 heteroatoms. The van der Waals surface area contributed by atoms with Crippen LogP contribution in [0.25, 0.3) is 52.9 Å². The van der Waals surface area contributed by atoms with Crippen molar-refractivity contribution in [2.24, 2.45) is 0 Å². The molecule has 0 aliphatic carbocycles. The summed E-state index contributed by atoms with van der Waals surface area (Å²) in [7, 11) is 0. The first kappa shape index (κ1) is 19.0. The number of morpholine rings is 1. The van der Waals surface area contributed by atoms with Gasteiger partial charge in [-0.3, -0.25) is 4.90 Å². The summed E-state index contributed by atoms with van der Waals surface area (Å²) < 4.78 is 6.52. The Bertz CT molecular complexity index is 1670. The van der Waals surface area contributed by atoms with Crippen LogP contribution in [0.15, 0.2) is 55.0 Å². The molecule has 33 heavy (non-hydrogen) atoms. The van der Waals surface area contributed by atoms with E-state index < -0.39 is 0 Å². The molecule has 1 aliphatic rings. The maximum Gasteiger partial charge on any atom is 0.149 e. The van der Waals surface area contributed by atoms with E-state index in [1.165, 1.54) is 16.2 Å². The van der Waals surface area contributed by atoms with Gasteiger partial charge in [-0.25, -0.2) is 9.97 Å². The number of hydrogen-bond acceptors (Lipinski definition) is 8. The van der Waals surface area contributed by atoms with Gasteiger partial charge in [-0.05, 0) is 22.2 Å². The molecule has 0 atom stereocenters. The minimum absolute atomic E-state index is 0.765. The molecule has 3 aromatic heterocycles. The zero-order valence-electron chi connectivity index (χ0n) is 17.8. The minimum atomic E-state index is 0.765. The van der Waals surface area contributed by atoms with Crippen molar-refractivity contribution in [1.82, 2.24) is 25.1 Å². The molecule has 7 rings (SSSR count). The number of aromatic nitrogens is 4. The minimum Gasteiger partial charge on any atom is -0.379 e. The molecule has 1 aliphatic heterocycles. The number of hydrogen-bond donors (Lipinski definition) is 1. The Morgan fingerprint density at radius 2 is 1.70 bits per heavy atom. The molecule has 0 bridgehead atoms. The monoisotopic (exact) mass is 452 g/mol. The summed E-state index contributed by atoms with van der Waals surface area (Å²) in [6.45, 7) is 4.19. The SMILES string of the molecule is c1ccc2c(c1)c1cccc(NCN3CCOCC3)c1c1nnc3sc4cncnc4c3c21. The highest BCUT2D eigenvalue weighted by molar-refractivity contribution is 7.25. The number of ether oxygens (including phenoxy) is 1. The maximum atomic E-state index is 5.50. The fourth-order valence-electron chi connectivity index (χ4n) is 4.90. The standard InChI is InChI=1S/C25H20N6OS/c1-2-5-17-15(4-1)16-6-3-7-18(28-14-31-8-10-32-11-9-31)20(16)24-21(17)22-23-19(12-26-13-27-23)33-25(22)30-29-24/h1-7,12-13,28H,8-11,14H2. The van der Waals surface area contributed by atoms with E-state index >= 15 is 0 Å². The van der Waals surface area contributed by atoms with Gasteiger partial charge in [0.05, 0.1) is 30.1 Å². The fraction of sp³-hybridized carbons (Fsp3) is 0.200. The van der Waals surface area contributed by atoms with E-state index in [2.05, 4.69) is 67.7 Å². The normalized spacial score (nSPS) is 15.3. The van der Waals surface area contributed by atoms with Crippen LogP contribution in [0.4, 0.5) is 5.69 Å². The third-order valence-electron chi connectivity index (χ3n) is 6.45. The summed E-state index contributed by atoms with van der Waals surface area (Å²) in [6, 6.07) is 15.0. The largest absolute Gasteiger partial charge is 0.379 e. The van der Waals surface area contributed by atoms with Crippen LogP contribution in [0, 0.1) is 0 Å². The van der Waals surface area contributed by atoms with Crippen molar-refractivity contribution >= 4 is 69.9 Å². The number of anilines is 1. The Balaban J connectivity index is 1.56. The van der Waals surface area contributed by atoms with Crippen molar-refractivity contribution in [3.8, 4) is 0 Å².